The van der Waals surface area contributed by atoms with Crippen molar-refractivity contribution in [3.05, 3.63) is 17.5 Å². The number of aryl methyl sites for hydroxylation is 1. The van der Waals surface area contributed by atoms with Crippen LogP contribution in [0.3, 0.4) is 0 Å². The third-order valence-corrected chi connectivity index (χ3v) is 2.64. The number of carbonyl (C=O) groups is 1. The van der Waals surface area contributed by atoms with Crippen molar-refractivity contribution in [2.45, 2.75) is 33.2 Å². The van der Waals surface area contributed by atoms with Gasteiger partial charge >= 0.3 is 0 Å². The summed E-state index contributed by atoms with van der Waals surface area (Å²) >= 11 is 0. The first kappa shape index (κ1) is 12.7. The standard InChI is InChI=1S/C11H19N3O2/c1-7(2)10(4-5-15)13-11(16)9-6-12-14-8(9)3/h6-7,10,15H,4-5H2,1-3H3,(H,12,14)(H,13,16). The molecule has 0 saturated heterocycles. The summed E-state index contributed by atoms with van der Waals surface area (Å²) in [7, 11) is 0. The van der Waals surface area contributed by atoms with E-state index in [2.05, 4.69) is 15.5 Å². The van der Waals surface area contributed by atoms with Gasteiger partial charge in [0.05, 0.1) is 11.8 Å². The first-order valence-electron chi connectivity index (χ1n) is 5.48. The Hall–Kier alpha value is -1.36. The number of rotatable bonds is 5. The average molecular weight is 225 g/mol. The normalized spacial score (nSPS) is 12.8. The molecule has 1 heterocycles. The van der Waals surface area contributed by atoms with E-state index in [0.29, 0.717) is 17.9 Å². The molecule has 1 aromatic heterocycles. The highest BCUT2D eigenvalue weighted by Crippen LogP contribution is 2.08. The minimum absolute atomic E-state index is 0.00759. The van der Waals surface area contributed by atoms with Crippen molar-refractivity contribution in [3.8, 4) is 0 Å². The maximum absolute atomic E-state index is 11.9. The molecule has 5 heteroatoms. The van der Waals surface area contributed by atoms with Gasteiger partial charge in [0, 0.05) is 18.3 Å². The minimum atomic E-state index is -0.140. The highest BCUT2D eigenvalue weighted by atomic mass is 16.3. The van der Waals surface area contributed by atoms with Gasteiger partial charge in [0.1, 0.15) is 0 Å². The molecule has 1 aromatic rings. The summed E-state index contributed by atoms with van der Waals surface area (Å²) in [5.74, 6) is 0.154. The van der Waals surface area contributed by atoms with Crippen molar-refractivity contribution < 1.29 is 9.90 Å². The molecule has 0 aliphatic heterocycles. The Labute approximate surface area is 95.3 Å². The predicted octanol–water partition coefficient (Wildman–Crippen LogP) is 0.855. The van der Waals surface area contributed by atoms with Crippen molar-refractivity contribution >= 4 is 5.91 Å². The van der Waals surface area contributed by atoms with Crippen LogP contribution in [0.15, 0.2) is 6.20 Å². The van der Waals surface area contributed by atoms with Gasteiger partial charge in [0.15, 0.2) is 0 Å². The van der Waals surface area contributed by atoms with Gasteiger partial charge in [0.2, 0.25) is 0 Å². The molecule has 90 valence electrons. The van der Waals surface area contributed by atoms with Crippen LogP contribution in [-0.4, -0.2) is 33.9 Å². The van der Waals surface area contributed by atoms with Crippen molar-refractivity contribution in [1.29, 1.82) is 0 Å². The second-order valence-corrected chi connectivity index (χ2v) is 4.24. The molecule has 1 atom stereocenters. The number of carbonyl (C=O) groups excluding carboxylic acids is 1. The van der Waals surface area contributed by atoms with Crippen LogP contribution in [0.25, 0.3) is 0 Å². The zero-order valence-electron chi connectivity index (χ0n) is 9.95. The largest absolute Gasteiger partial charge is 0.396 e. The Balaban J connectivity index is 2.65. The van der Waals surface area contributed by atoms with Gasteiger partial charge < -0.3 is 10.4 Å². The summed E-state index contributed by atoms with van der Waals surface area (Å²) < 4.78 is 0. The highest BCUT2D eigenvalue weighted by molar-refractivity contribution is 5.95. The molecule has 0 bridgehead atoms. The van der Waals surface area contributed by atoms with Gasteiger partial charge in [0.25, 0.3) is 5.91 Å². The molecule has 5 nitrogen and oxygen atoms in total. The van der Waals surface area contributed by atoms with E-state index in [1.807, 2.05) is 13.8 Å². The van der Waals surface area contributed by atoms with Crippen molar-refractivity contribution in [2.24, 2.45) is 5.92 Å². The van der Waals surface area contributed by atoms with E-state index in [9.17, 15) is 4.79 Å². The van der Waals surface area contributed by atoms with Crippen LogP contribution >= 0.6 is 0 Å². The van der Waals surface area contributed by atoms with Gasteiger partial charge in [-0.1, -0.05) is 13.8 Å². The lowest BCUT2D eigenvalue weighted by atomic mass is 10.0. The molecule has 0 aliphatic carbocycles. The van der Waals surface area contributed by atoms with E-state index in [0.717, 1.165) is 5.69 Å². The van der Waals surface area contributed by atoms with E-state index >= 15 is 0 Å². The lowest BCUT2D eigenvalue weighted by Crippen LogP contribution is -2.39. The Morgan fingerprint density at radius 1 is 1.62 bits per heavy atom. The molecule has 0 spiro atoms. The average Bonchev–Trinajstić information content (AvgIpc) is 2.63. The molecule has 1 unspecified atom stereocenters. The van der Waals surface area contributed by atoms with Crippen LogP contribution in [0.2, 0.25) is 0 Å². The molecule has 16 heavy (non-hydrogen) atoms. The first-order chi connectivity index (χ1) is 7.56. The summed E-state index contributed by atoms with van der Waals surface area (Å²) in [6.45, 7) is 5.91. The van der Waals surface area contributed by atoms with Gasteiger partial charge in [-0.25, -0.2) is 0 Å². The van der Waals surface area contributed by atoms with E-state index in [4.69, 9.17) is 5.11 Å². The number of H-pyrrole nitrogens is 1. The number of hydrogen-bond donors (Lipinski definition) is 3. The fourth-order valence-electron chi connectivity index (χ4n) is 1.54. The molecule has 3 N–H and O–H groups in total. The summed E-state index contributed by atoms with van der Waals surface area (Å²) in [6, 6.07) is -0.00759. The highest BCUT2D eigenvalue weighted by Gasteiger charge is 2.18. The topological polar surface area (TPSA) is 78.0 Å². The first-order valence-corrected chi connectivity index (χ1v) is 5.48. The summed E-state index contributed by atoms with van der Waals surface area (Å²) in [4.78, 5) is 11.9. The van der Waals surface area contributed by atoms with Crippen molar-refractivity contribution in [2.75, 3.05) is 6.61 Å². The second-order valence-electron chi connectivity index (χ2n) is 4.24. The Bertz CT molecular complexity index is 347. The number of nitrogens with zero attached hydrogens (tertiary/aromatic N) is 1. The number of aliphatic hydroxyl groups excluding tert-OH is 1. The van der Waals surface area contributed by atoms with Crippen LogP contribution < -0.4 is 5.32 Å². The van der Waals surface area contributed by atoms with Crippen LogP contribution in [0.4, 0.5) is 0 Å². The molecule has 1 rings (SSSR count). The van der Waals surface area contributed by atoms with Crippen molar-refractivity contribution in [3.63, 3.8) is 0 Å². The lowest BCUT2D eigenvalue weighted by Gasteiger charge is -2.21. The third-order valence-electron chi connectivity index (χ3n) is 2.64. The van der Waals surface area contributed by atoms with E-state index < -0.39 is 0 Å². The zero-order valence-corrected chi connectivity index (χ0v) is 9.95. The van der Waals surface area contributed by atoms with E-state index in [1.165, 1.54) is 6.20 Å². The van der Waals surface area contributed by atoms with Gasteiger partial charge in [-0.2, -0.15) is 5.10 Å². The third kappa shape index (κ3) is 3.06. The van der Waals surface area contributed by atoms with Gasteiger partial charge in [-0.05, 0) is 19.3 Å². The molecule has 0 saturated carbocycles. The molecule has 0 aromatic carbocycles. The van der Waals surface area contributed by atoms with E-state index in [1.54, 1.807) is 6.92 Å². The van der Waals surface area contributed by atoms with Gasteiger partial charge in [-0.15, -0.1) is 0 Å². The minimum Gasteiger partial charge on any atom is -0.396 e. The molecule has 0 radical (unpaired) electrons. The maximum atomic E-state index is 11.9. The molecule has 0 fully saturated rings. The van der Waals surface area contributed by atoms with Gasteiger partial charge in [-0.3, -0.25) is 9.89 Å². The lowest BCUT2D eigenvalue weighted by molar-refractivity contribution is 0.0916. The number of aliphatic hydroxyl groups is 1. The number of aromatic nitrogens is 2. The van der Waals surface area contributed by atoms with Crippen LogP contribution in [-0.2, 0) is 0 Å². The quantitative estimate of drug-likeness (QED) is 0.695. The SMILES string of the molecule is Cc1[nH]ncc1C(=O)NC(CCO)C(C)C. The molecular formula is C11H19N3O2. The smallest absolute Gasteiger partial charge is 0.254 e. The maximum Gasteiger partial charge on any atom is 0.254 e. The molecular weight excluding hydrogens is 206 g/mol. The van der Waals surface area contributed by atoms with E-state index in [-0.39, 0.29) is 18.6 Å². The number of amides is 1. The Kier molecular flexibility index (Phi) is 4.49. The number of nitrogens with one attached hydrogen (secondary N) is 2. The number of aromatic amines is 1. The van der Waals surface area contributed by atoms with Crippen LogP contribution in [0.5, 0.6) is 0 Å². The fourth-order valence-corrected chi connectivity index (χ4v) is 1.54. The summed E-state index contributed by atoms with van der Waals surface area (Å²) in [6.07, 6.45) is 2.08. The second kappa shape index (κ2) is 5.65. The van der Waals surface area contributed by atoms with Crippen LogP contribution in [0, 0.1) is 12.8 Å². The number of hydrogen-bond acceptors (Lipinski definition) is 3. The monoisotopic (exact) mass is 225 g/mol. The Morgan fingerprint density at radius 3 is 2.75 bits per heavy atom. The Morgan fingerprint density at radius 2 is 2.31 bits per heavy atom. The summed E-state index contributed by atoms with van der Waals surface area (Å²) in [5, 5.41) is 18.3. The molecule has 0 aliphatic rings. The predicted molar refractivity (Wildman–Crippen MR) is 61.1 cm³/mol. The van der Waals surface area contributed by atoms with Crippen molar-refractivity contribution in [1.82, 2.24) is 15.5 Å². The zero-order chi connectivity index (χ0) is 12.1. The summed E-state index contributed by atoms with van der Waals surface area (Å²) in [5.41, 5.74) is 1.31. The fraction of sp³-hybridized carbons (Fsp3) is 0.636. The molecule has 1 amide bonds. The van der Waals surface area contributed by atoms with Crippen LogP contribution in [0.1, 0.15) is 36.3 Å².